The Hall–Kier alpha value is -0.530. The first-order chi connectivity index (χ1) is 6.31. The summed E-state index contributed by atoms with van der Waals surface area (Å²) in [5.41, 5.74) is 8.77. The molecule has 1 aliphatic carbocycles. The van der Waals surface area contributed by atoms with E-state index in [0.717, 1.165) is 12.3 Å². The van der Waals surface area contributed by atoms with E-state index < -0.39 is 0 Å². The standard InChI is InChI=1S/C12H17N.ClH/c1-2-12(13)11-5-3-4-10(8-11)9-6-7-9;/h3-5,8-9,12H,2,6-7,13H2,1H3;1H. The van der Waals surface area contributed by atoms with Crippen molar-refractivity contribution < 1.29 is 0 Å². The SMILES string of the molecule is CCC(N)c1cccc(C2CC2)c1.Cl. The highest BCUT2D eigenvalue weighted by Crippen LogP contribution is 2.40. The Morgan fingerprint density at radius 1 is 1.43 bits per heavy atom. The zero-order valence-electron chi connectivity index (χ0n) is 8.57. The van der Waals surface area contributed by atoms with Gasteiger partial charge in [-0.3, -0.25) is 0 Å². The normalized spacial score (nSPS) is 17.3. The van der Waals surface area contributed by atoms with Gasteiger partial charge in [-0.15, -0.1) is 12.4 Å². The van der Waals surface area contributed by atoms with Crippen molar-refractivity contribution in [1.82, 2.24) is 0 Å². The third-order valence-electron chi connectivity index (χ3n) is 2.83. The molecule has 0 aromatic heterocycles. The summed E-state index contributed by atoms with van der Waals surface area (Å²) < 4.78 is 0. The molecule has 0 saturated heterocycles. The van der Waals surface area contributed by atoms with Gasteiger partial charge in [-0.05, 0) is 36.3 Å². The van der Waals surface area contributed by atoms with E-state index in [4.69, 9.17) is 5.73 Å². The van der Waals surface area contributed by atoms with Crippen molar-refractivity contribution in [2.24, 2.45) is 5.73 Å². The van der Waals surface area contributed by atoms with Crippen molar-refractivity contribution in [1.29, 1.82) is 0 Å². The highest BCUT2D eigenvalue weighted by molar-refractivity contribution is 5.85. The van der Waals surface area contributed by atoms with Crippen molar-refractivity contribution in [2.75, 3.05) is 0 Å². The summed E-state index contributed by atoms with van der Waals surface area (Å²) in [6.07, 6.45) is 3.75. The van der Waals surface area contributed by atoms with Gasteiger partial charge in [-0.25, -0.2) is 0 Å². The zero-order valence-corrected chi connectivity index (χ0v) is 9.39. The van der Waals surface area contributed by atoms with Gasteiger partial charge < -0.3 is 5.73 Å². The number of rotatable bonds is 3. The van der Waals surface area contributed by atoms with Gasteiger partial charge in [-0.1, -0.05) is 31.2 Å². The van der Waals surface area contributed by atoms with Gasteiger partial charge in [0.2, 0.25) is 0 Å². The third-order valence-corrected chi connectivity index (χ3v) is 2.83. The van der Waals surface area contributed by atoms with Gasteiger partial charge in [0.25, 0.3) is 0 Å². The van der Waals surface area contributed by atoms with Crippen LogP contribution in [-0.2, 0) is 0 Å². The van der Waals surface area contributed by atoms with Crippen LogP contribution in [0.5, 0.6) is 0 Å². The van der Waals surface area contributed by atoms with E-state index in [0.29, 0.717) is 0 Å². The fourth-order valence-corrected chi connectivity index (χ4v) is 1.70. The highest BCUT2D eigenvalue weighted by Gasteiger charge is 2.23. The summed E-state index contributed by atoms with van der Waals surface area (Å²) in [4.78, 5) is 0. The fraction of sp³-hybridized carbons (Fsp3) is 0.500. The predicted molar refractivity (Wildman–Crippen MR) is 62.9 cm³/mol. The molecule has 2 heteroatoms. The van der Waals surface area contributed by atoms with Crippen LogP contribution in [-0.4, -0.2) is 0 Å². The molecule has 1 unspecified atom stereocenters. The molecule has 2 rings (SSSR count). The molecule has 1 aromatic carbocycles. The molecule has 0 aliphatic heterocycles. The fourth-order valence-electron chi connectivity index (χ4n) is 1.70. The second-order valence-corrected chi connectivity index (χ2v) is 3.96. The van der Waals surface area contributed by atoms with E-state index in [1.165, 1.54) is 24.0 Å². The number of benzene rings is 1. The predicted octanol–water partition coefficient (Wildman–Crippen LogP) is 3.40. The molecule has 0 bridgehead atoms. The summed E-state index contributed by atoms with van der Waals surface area (Å²) in [6.45, 7) is 2.13. The van der Waals surface area contributed by atoms with Crippen LogP contribution in [0, 0.1) is 0 Å². The zero-order chi connectivity index (χ0) is 9.26. The summed E-state index contributed by atoms with van der Waals surface area (Å²) in [6, 6.07) is 9.01. The van der Waals surface area contributed by atoms with E-state index in [-0.39, 0.29) is 18.4 Å². The molecule has 0 heterocycles. The van der Waals surface area contributed by atoms with Crippen LogP contribution < -0.4 is 5.73 Å². The van der Waals surface area contributed by atoms with Crippen LogP contribution >= 0.6 is 12.4 Å². The second-order valence-electron chi connectivity index (χ2n) is 3.96. The molecule has 1 aromatic rings. The maximum atomic E-state index is 5.98. The Labute approximate surface area is 92.1 Å². The third kappa shape index (κ3) is 2.49. The lowest BCUT2D eigenvalue weighted by Crippen LogP contribution is -2.08. The highest BCUT2D eigenvalue weighted by atomic mass is 35.5. The summed E-state index contributed by atoms with van der Waals surface area (Å²) in [7, 11) is 0. The maximum absolute atomic E-state index is 5.98. The van der Waals surface area contributed by atoms with Gasteiger partial charge in [0, 0.05) is 6.04 Å². The van der Waals surface area contributed by atoms with Crippen LogP contribution in [0.15, 0.2) is 24.3 Å². The molecule has 1 aliphatic rings. The molecule has 0 amide bonds. The van der Waals surface area contributed by atoms with E-state index in [9.17, 15) is 0 Å². The molecule has 0 radical (unpaired) electrons. The summed E-state index contributed by atoms with van der Waals surface area (Å²) in [5, 5.41) is 0. The number of nitrogens with two attached hydrogens (primary N) is 1. The lowest BCUT2D eigenvalue weighted by atomic mass is 10.0. The lowest BCUT2D eigenvalue weighted by Gasteiger charge is -2.10. The van der Waals surface area contributed by atoms with Gasteiger partial charge in [-0.2, -0.15) is 0 Å². The van der Waals surface area contributed by atoms with Gasteiger partial charge in [0.1, 0.15) is 0 Å². The van der Waals surface area contributed by atoms with Crippen molar-refractivity contribution in [3.63, 3.8) is 0 Å². The molecule has 14 heavy (non-hydrogen) atoms. The monoisotopic (exact) mass is 211 g/mol. The molecule has 1 nitrogen and oxygen atoms in total. The minimum atomic E-state index is 0. The summed E-state index contributed by atoms with van der Waals surface area (Å²) in [5.74, 6) is 0.837. The first-order valence-corrected chi connectivity index (χ1v) is 5.16. The van der Waals surface area contributed by atoms with Crippen molar-refractivity contribution in [2.45, 2.75) is 38.1 Å². The van der Waals surface area contributed by atoms with E-state index in [2.05, 4.69) is 31.2 Å². The van der Waals surface area contributed by atoms with E-state index in [1.807, 2.05) is 0 Å². The number of halogens is 1. The average molecular weight is 212 g/mol. The van der Waals surface area contributed by atoms with E-state index in [1.54, 1.807) is 0 Å². The first kappa shape index (κ1) is 11.5. The molecule has 1 saturated carbocycles. The molecule has 2 N–H and O–H groups in total. The molecular weight excluding hydrogens is 194 g/mol. The molecule has 0 spiro atoms. The lowest BCUT2D eigenvalue weighted by molar-refractivity contribution is 0.697. The van der Waals surface area contributed by atoms with Crippen LogP contribution in [0.1, 0.15) is 49.3 Å². The average Bonchev–Trinajstić information content (AvgIpc) is 3.00. The Kier molecular flexibility index (Phi) is 3.97. The van der Waals surface area contributed by atoms with Crippen molar-refractivity contribution in [3.8, 4) is 0 Å². The second kappa shape index (κ2) is 4.81. The van der Waals surface area contributed by atoms with Gasteiger partial charge in [0.15, 0.2) is 0 Å². The van der Waals surface area contributed by atoms with Crippen LogP contribution in [0.3, 0.4) is 0 Å². The minimum Gasteiger partial charge on any atom is -0.324 e. The molecule has 78 valence electrons. The van der Waals surface area contributed by atoms with Crippen LogP contribution in [0.2, 0.25) is 0 Å². The van der Waals surface area contributed by atoms with Gasteiger partial charge >= 0.3 is 0 Å². The van der Waals surface area contributed by atoms with E-state index >= 15 is 0 Å². The van der Waals surface area contributed by atoms with Gasteiger partial charge in [0.05, 0.1) is 0 Å². The van der Waals surface area contributed by atoms with Crippen LogP contribution in [0.4, 0.5) is 0 Å². The summed E-state index contributed by atoms with van der Waals surface area (Å²) >= 11 is 0. The largest absolute Gasteiger partial charge is 0.324 e. The van der Waals surface area contributed by atoms with Crippen LogP contribution in [0.25, 0.3) is 0 Å². The smallest absolute Gasteiger partial charge is 0.0292 e. The molecule has 1 atom stereocenters. The molecule has 1 fully saturated rings. The number of hydrogen-bond donors (Lipinski definition) is 1. The van der Waals surface area contributed by atoms with Crippen molar-refractivity contribution in [3.05, 3.63) is 35.4 Å². The maximum Gasteiger partial charge on any atom is 0.0292 e. The minimum absolute atomic E-state index is 0. The Bertz CT molecular complexity index is 294. The van der Waals surface area contributed by atoms with Crippen molar-refractivity contribution >= 4 is 12.4 Å². The quantitative estimate of drug-likeness (QED) is 0.815. The Balaban J connectivity index is 0.000000980. The topological polar surface area (TPSA) is 26.0 Å². The Morgan fingerprint density at radius 3 is 2.71 bits per heavy atom. The molecular formula is C12H18ClN. The first-order valence-electron chi connectivity index (χ1n) is 5.16. The number of hydrogen-bond acceptors (Lipinski definition) is 1. The Morgan fingerprint density at radius 2 is 2.14 bits per heavy atom.